The topological polar surface area (TPSA) is 61.4 Å². The number of hydrogen-bond acceptors (Lipinski definition) is 3. The van der Waals surface area contributed by atoms with Crippen LogP contribution < -0.4 is 10.6 Å². The molecular formula is C21H23ClF3N3O2. The van der Waals surface area contributed by atoms with Gasteiger partial charge in [-0.15, -0.1) is 0 Å². The highest BCUT2D eigenvalue weighted by Gasteiger charge is 2.33. The Hall–Kier alpha value is -2.58. The van der Waals surface area contributed by atoms with Crippen molar-refractivity contribution >= 4 is 34.8 Å². The smallest absolute Gasteiger partial charge is 0.325 e. The minimum atomic E-state index is -4.63. The molecular weight excluding hydrogens is 419 g/mol. The van der Waals surface area contributed by atoms with E-state index in [2.05, 4.69) is 10.6 Å². The molecule has 2 N–H and O–H groups in total. The zero-order valence-electron chi connectivity index (χ0n) is 16.8. The third kappa shape index (κ3) is 6.47. The quantitative estimate of drug-likeness (QED) is 0.647. The molecule has 2 amide bonds. The van der Waals surface area contributed by atoms with Crippen LogP contribution in [0.3, 0.4) is 0 Å². The maximum Gasteiger partial charge on any atom is 0.417 e. The fourth-order valence-electron chi connectivity index (χ4n) is 2.65. The summed E-state index contributed by atoms with van der Waals surface area (Å²) in [5, 5.41) is 4.72. The second-order valence-electron chi connectivity index (χ2n) is 6.87. The summed E-state index contributed by atoms with van der Waals surface area (Å²) < 4.78 is 38.8. The van der Waals surface area contributed by atoms with Gasteiger partial charge in [-0.05, 0) is 56.3 Å². The first-order valence-corrected chi connectivity index (χ1v) is 9.65. The summed E-state index contributed by atoms with van der Waals surface area (Å²) in [5.41, 5.74) is 0.726. The lowest BCUT2D eigenvalue weighted by Crippen LogP contribution is -2.43. The lowest BCUT2D eigenvalue weighted by molar-refractivity contribution is -0.137. The molecule has 0 aliphatic rings. The van der Waals surface area contributed by atoms with Crippen LogP contribution in [-0.4, -0.2) is 36.3 Å². The normalized spacial score (nSPS) is 12.5. The number of likely N-dealkylation sites (N-methyl/N-ethyl adjacent to an activating group) is 1. The molecule has 0 aliphatic carbocycles. The van der Waals surface area contributed by atoms with E-state index in [0.29, 0.717) is 5.69 Å². The van der Waals surface area contributed by atoms with E-state index in [1.165, 1.54) is 11.0 Å². The van der Waals surface area contributed by atoms with Crippen LogP contribution in [0.2, 0.25) is 5.02 Å². The van der Waals surface area contributed by atoms with Crippen molar-refractivity contribution in [2.45, 2.75) is 32.5 Å². The number of hydrogen-bond donors (Lipinski definition) is 2. The molecule has 0 spiro atoms. The summed E-state index contributed by atoms with van der Waals surface area (Å²) >= 11 is 5.58. The number of rotatable bonds is 7. The van der Waals surface area contributed by atoms with Gasteiger partial charge in [0.25, 0.3) is 0 Å². The molecule has 0 heterocycles. The van der Waals surface area contributed by atoms with Crippen molar-refractivity contribution in [2.24, 2.45) is 0 Å². The average molecular weight is 442 g/mol. The first-order valence-electron chi connectivity index (χ1n) is 9.28. The standard InChI is InChI=1S/C21H23ClF3N3O2/c1-4-14-5-7-15(8-6-14)27-20(30)13(2)28(3)12-19(29)26-16-9-10-18(22)17(11-16)21(23,24)25/h5-11,13H,4,12H2,1-3H3,(H,26,29)(H,27,30). The van der Waals surface area contributed by atoms with E-state index in [9.17, 15) is 22.8 Å². The number of amides is 2. The minimum Gasteiger partial charge on any atom is -0.325 e. The number of benzene rings is 2. The second-order valence-corrected chi connectivity index (χ2v) is 7.28. The van der Waals surface area contributed by atoms with Gasteiger partial charge in [-0.25, -0.2) is 0 Å². The first kappa shape index (κ1) is 23.7. The molecule has 30 heavy (non-hydrogen) atoms. The lowest BCUT2D eigenvalue weighted by atomic mass is 10.1. The Labute approximate surface area is 178 Å². The largest absolute Gasteiger partial charge is 0.417 e. The maximum atomic E-state index is 12.9. The SMILES string of the molecule is CCc1ccc(NC(=O)C(C)N(C)CC(=O)Nc2ccc(Cl)c(C(F)(F)F)c2)cc1. The van der Waals surface area contributed by atoms with Crippen molar-refractivity contribution < 1.29 is 22.8 Å². The van der Waals surface area contributed by atoms with Gasteiger partial charge in [0.15, 0.2) is 0 Å². The fraction of sp³-hybridized carbons (Fsp3) is 0.333. The summed E-state index contributed by atoms with van der Waals surface area (Å²) in [6.45, 7) is 3.48. The van der Waals surface area contributed by atoms with Gasteiger partial charge in [-0.3, -0.25) is 14.5 Å². The van der Waals surface area contributed by atoms with Crippen LogP contribution in [0.1, 0.15) is 25.0 Å². The van der Waals surface area contributed by atoms with E-state index in [-0.39, 0.29) is 18.1 Å². The molecule has 0 fully saturated rings. The van der Waals surface area contributed by atoms with Gasteiger partial charge in [-0.2, -0.15) is 13.2 Å². The second kappa shape index (κ2) is 9.95. The average Bonchev–Trinajstić information content (AvgIpc) is 2.68. The Morgan fingerprint density at radius 3 is 2.23 bits per heavy atom. The number of nitrogens with zero attached hydrogens (tertiary/aromatic N) is 1. The highest BCUT2D eigenvalue weighted by Crippen LogP contribution is 2.36. The third-order valence-corrected chi connectivity index (χ3v) is 4.95. The highest BCUT2D eigenvalue weighted by molar-refractivity contribution is 6.31. The third-order valence-electron chi connectivity index (χ3n) is 4.62. The first-order chi connectivity index (χ1) is 14.0. The molecule has 0 radical (unpaired) electrons. The van der Waals surface area contributed by atoms with Crippen LogP contribution in [0.15, 0.2) is 42.5 Å². The van der Waals surface area contributed by atoms with Crippen molar-refractivity contribution in [1.29, 1.82) is 0 Å². The van der Waals surface area contributed by atoms with Gasteiger partial charge in [0, 0.05) is 11.4 Å². The molecule has 0 saturated heterocycles. The van der Waals surface area contributed by atoms with Crippen LogP contribution in [-0.2, 0) is 22.2 Å². The number of aryl methyl sites for hydroxylation is 1. The van der Waals surface area contributed by atoms with Crippen LogP contribution >= 0.6 is 11.6 Å². The van der Waals surface area contributed by atoms with Gasteiger partial charge in [0.05, 0.1) is 23.2 Å². The van der Waals surface area contributed by atoms with Gasteiger partial charge >= 0.3 is 6.18 Å². The molecule has 162 valence electrons. The molecule has 9 heteroatoms. The number of alkyl halides is 3. The Bertz CT molecular complexity index is 901. The van der Waals surface area contributed by atoms with Crippen molar-refractivity contribution in [3.8, 4) is 0 Å². The molecule has 2 aromatic rings. The summed E-state index contributed by atoms with van der Waals surface area (Å²) in [6, 6.07) is 9.92. The lowest BCUT2D eigenvalue weighted by Gasteiger charge is -2.23. The molecule has 0 aliphatic heterocycles. The summed E-state index contributed by atoms with van der Waals surface area (Å²) in [5.74, 6) is -0.861. The predicted octanol–water partition coefficient (Wildman–Crippen LogP) is 4.82. The number of nitrogens with one attached hydrogen (secondary N) is 2. The monoisotopic (exact) mass is 441 g/mol. The van der Waals surface area contributed by atoms with Crippen LogP contribution in [0.25, 0.3) is 0 Å². The van der Waals surface area contributed by atoms with Gasteiger partial charge in [0.2, 0.25) is 11.8 Å². The van der Waals surface area contributed by atoms with E-state index in [1.807, 2.05) is 19.1 Å². The number of anilines is 2. The Kier molecular flexibility index (Phi) is 7.86. The van der Waals surface area contributed by atoms with Crippen LogP contribution in [0.4, 0.5) is 24.5 Å². The van der Waals surface area contributed by atoms with Crippen molar-refractivity contribution in [3.05, 3.63) is 58.6 Å². The summed E-state index contributed by atoms with van der Waals surface area (Å²) in [7, 11) is 1.58. The van der Waals surface area contributed by atoms with Gasteiger partial charge in [0.1, 0.15) is 0 Å². The van der Waals surface area contributed by atoms with E-state index >= 15 is 0 Å². The molecule has 0 saturated carbocycles. The van der Waals surface area contributed by atoms with E-state index in [1.54, 1.807) is 26.1 Å². The molecule has 1 atom stereocenters. The van der Waals surface area contributed by atoms with Gasteiger partial charge in [-0.1, -0.05) is 30.7 Å². The zero-order chi connectivity index (χ0) is 22.5. The van der Waals surface area contributed by atoms with Crippen molar-refractivity contribution in [3.63, 3.8) is 0 Å². The van der Waals surface area contributed by atoms with Crippen molar-refractivity contribution in [1.82, 2.24) is 4.90 Å². The Morgan fingerprint density at radius 2 is 1.67 bits per heavy atom. The molecule has 1 unspecified atom stereocenters. The van der Waals surface area contributed by atoms with E-state index in [4.69, 9.17) is 11.6 Å². The number of halogens is 4. The molecule has 0 aromatic heterocycles. The number of carbonyl (C=O) groups excluding carboxylic acids is 2. The zero-order valence-corrected chi connectivity index (χ0v) is 17.6. The van der Waals surface area contributed by atoms with E-state index < -0.39 is 28.7 Å². The molecule has 0 bridgehead atoms. The van der Waals surface area contributed by atoms with Gasteiger partial charge < -0.3 is 10.6 Å². The highest BCUT2D eigenvalue weighted by atomic mass is 35.5. The van der Waals surface area contributed by atoms with Crippen LogP contribution in [0, 0.1) is 0 Å². The fourth-order valence-corrected chi connectivity index (χ4v) is 2.88. The predicted molar refractivity (Wildman–Crippen MR) is 112 cm³/mol. The number of carbonyl (C=O) groups is 2. The molecule has 5 nitrogen and oxygen atoms in total. The Balaban J connectivity index is 1.95. The van der Waals surface area contributed by atoms with Crippen molar-refractivity contribution in [2.75, 3.05) is 24.2 Å². The minimum absolute atomic E-state index is 0.0294. The maximum absolute atomic E-state index is 12.9. The summed E-state index contributed by atoms with van der Waals surface area (Å²) in [4.78, 5) is 26.1. The Morgan fingerprint density at radius 1 is 1.07 bits per heavy atom. The molecule has 2 aromatic carbocycles. The summed E-state index contributed by atoms with van der Waals surface area (Å²) in [6.07, 6.45) is -3.74. The van der Waals surface area contributed by atoms with Crippen LogP contribution in [0.5, 0.6) is 0 Å². The van der Waals surface area contributed by atoms with E-state index in [0.717, 1.165) is 24.1 Å². The molecule has 2 rings (SSSR count).